The third-order valence-corrected chi connectivity index (χ3v) is 2.65. The van der Waals surface area contributed by atoms with Gasteiger partial charge in [0, 0.05) is 30.9 Å². The van der Waals surface area contributed by atoms with E-state index in [0.29, 0.717) is 5.82 Å². The second-order valence-electron chi connectivity index (χ2n) is 4.33. The van der Waals surface area contributed by atoms with Crippen LogP contribution in [0.1, 0.15) is 19.7 Å². The van der Waals surface area contributed by atoms with Crippen LogP contribution in [-0.4, -0.2) is 25.8 Å². The summed E-state index contributed by atoms with van der Waals surface area (Å²) in [7, 11) is 0. The monoisotopic (exact) mass is 261 g/mol. The van der Waals surface area contributed by atoms with Crippen LogP contribution in [0.15, 0.2) is 24.5 Å². The molecular formula is C12H19N7. The van der Waals surface area contributed by atoms with E-state index in [1.165, 1.54) is 0 Å². The maximum atomic E-state index is 5.40. The number of nitrogens with one attached hydrogen (secondary N) is 2. The second-order valence-corrected chi connectivity index (χ2v) is 4.33. The molecule has 0 aliphatic rings. The molecule has 7 heteroatoms. The molecule has 2 rings (SSSR count). The summed E-state index contributed by atoms with van der Waals surface area (Å²) in [4.78, 5) is 8.67. The fraction of sp³-hybridized carbons (Fsp3) is 0.417. The van der Waals surface area contributed by atoms with Crippen LogP contribution in [-0.2, 0) is 13.0 Å². The number of hydrogen-bond acceptors (Lipinski definition) is 6. The van der Waals surface area contributed by atoms with Crippen molar-refractivity contribution in [2.75, 3.05) is 10.7 Å². The van der Waals surface area contributed by atoms with Crippen LogP contribution in [0.3, 0.4) is 0 Å². The first-order valence-electron chi connectivity index (χ1n) is 6.29. The first-order valence-corrected chi connectivity index (χ1v) is 6.29. The average molecular weight is 261 g/mol. The zero-order chi connectivity index (χ0) is 13.7. The Morgan fingerprint density at radius 3 is 2.79 bits per heavy atom. The molecule has 0 bridgehead atoms. The molecule has 0 spiro atoms. The fourth-order valence-electron chi connectivity index (χ4n) is 1.79. The van der Waals surface area contributed by atoms with Crippen LogP contribution in [0.5, 0.6) is 0 Å². The molecule has 0 fully saturated rings. The summed E-state index contributed by atoms with van der Waals surface area (Å²) in [5, 5.41) is 7.50. The van der Waals surface area contributed by atoms with E-state index in [2.05, 4.69) is 32.7 Å². The van der Waals surface area contributed by atoms with E-state index < -0.39 is 0 Å². The number of nitrogens with zero attached hydrogens (tertiary/aromatic N) is 4. The molecule has 102 valence electrons. The average Bonchev–Trinajstić information content (AvgIpc) is 2.90. The van der Waals surface area contributed by atoms with Crippen LogP contribution in [0.4, 0.5) is 11.6 Å². The van der Waals surface area contributed by atoms with Crippen molar-refractivity contribution in [2.45, 2.75) is 32.9 Å². The second kappa shape index (κ2) is 6.14. The predicted molar refractivity (Wildman–Crippen MR) is 74.5 cm³/mol. The van der Waals surface area contributed by atoms with Crippen molar-refractivity contribution in [3.8, 4) is 0 Å². The lowest BCUT2D eigenvalue weighted by Gasteiger charge is -2.15. The summed E-state index contributed by atoms with van der Waals surface area (Å²) in [5.41, 5.74) is 2.55. The van der Waals surface area contributed by atoms with Gasteiger partial charge in [0.15, 0.2) is 0 Å². The number of anilines is 2. The van der Waals surface area contributed by atoms with Gasteiger partial charge in [-0.2, -0.15) is 5.10 Å². The van der Waals surface area contributed by atoms with Gasteiger partial charge in [-0.05, 0) is 13.0 Å². The van der Waals surface area contributed by atoms with Gasteiger partial charge in [-0.3, -0.25) is 4.68 Å². The van der Waals surface area contributed by atoms with Gasteiger partial charge in [0.1, 0.15) is 17.5 Å². The van der Waals surface area contributed by atoms with Gasteiger partial charge in [-0.25, -0.2) is 15.8 Å². The van der Waals surface area contributed by atoms with E-state index in [1.54, 1.807) is 12.3 Å². The largest absolute Gasteiger partial charge is 0.366 e. The Labute approximate surface area is 112 Å². The molecule has 1 unspecified atom stereocenters. The third-order valence-electron chi connectivity index (χ3n) is 2.65. The molecule has 19 heavy (non-hydrogen) atoms. The number of aromatic nitrogens is 4. The topological polar surface area (TPSA) is 93.7 Å². The molecule has 7 nitrogen and oxygen atoms in total. The highest BCUT2D eigenvalue weighted by atomic mass is 15.3. The number of aryl methyl sites for hydroxylation is 1. The number of rotatable bonds is 6. The van der Waals surface area contributed by atoms with Crippen molar-refractivity contribution in [3.63, 3.8) is 0 Å². The van der Waals surface area contributed by atoms with Crippen LogP contribution in [0.2, 0.25) is 0 Å². The van der Waals surface area contributed by atoms with Crippen LogP contribution in [0, 0.1) is 0 Å². The van der Waals surface area contributed by atoms with Crippen LogP contribution in [0.25, 0.3) is 0 Å². The molecule has 0 aliphatic carbocycles. The lowest BCUT2D eigenvalue weighted by atomic mass is 10.3. The van der Waals surface area contributed by atoms with Gasteiger partial charge in [0.2, 0.25) is 0 Å². The summed E-state index contributed by atoms with van der Waals surface area (Å²) in [6, 6.07) is 3.90. The maximum absolute atomic E-state index is 5.40. The van der Waals surface area contributed by atoms with Crippen molar-refractivity contribution in [1.29, 1.82) is 0 Å². The first kappa shape index (κ1) is 13.3. The molecule has 2 aromatic rings. The normalized spacial score (nSPS) is 12.2. The van der Waals surface area contributed by atoms with E-state index in [4.69, 9.17) is 5.84 Å². The highest BCUT2D eigenvalue weighted by Crippen LogP contribution is 2.12. The predicted octanol–water partition coefficient (Wildman–Crippen LogP) is 1.02. The lowest BCUT2D eigenvalue weighted by Crippen LogP contribution is -2.23. The van der Waals surface area contributed by atoms with E-state index in [-0.39, 0.29) is 6.04 Å². The molecule has 0 saturated heterocycles. The molecular weight excluding hydrogens is 242 g/mol. The number of nitrogens with two attached hydrogens (primary N) is 1. The molecule has 1 atom stereocenters. The minimum absolute atomic E-state index is 0.199. The van der Waals surface area contributed by atoms with Crippen molar-refractivity contribution >= 4 is 11.6 Å². The fourth-order valence-corrected chi connectivity index (χ4v) is 1.79. The van der Waals surface area contributed by atoms with Gasteiger partial charge < -0.3 is 10.7 Å². The van der Waals surface area contributed by atoms with Gasteiger partial charge >= 0.3 is 0 Å². The minimum atomic E-state index is 0.199. The molecule has 2 aromatic heterocycles. The van der Waals surface area contributed by atoms with Crippen LogP contribution < -0.4 is 16.6 Å². The zero-order valence-corrected chi connectivity index (χ0v) is 11.2. The Morgan fingerprint density at radius 2 is 2.16 bits per heavy atom. The van der Waals surface area contributed by atoms with E-state index in [9.17, 15) is 0 Å². The van der Waals surface area contributed by atoms with E-state index in [1.807, 2.05) is 23.9 Å². The molecule has 0 aromatic carbocycles. The van der Waals surface area contributed by atoms with Crippen LogP contribution >= 0.6 is 0 Å². The molecule has 0 amide bonds. The highest BCUT2D eigenvalue weighted by molar-refractivity contribution is 5.47. The summed E-state index contributed by atoms with van der Waals surface area (Å²) >= 11 is 0. The highest BCUT2D eigenvalue weighted by Gasteiger charge is 2.07. The summed E-state index contributed by atoms with van der Waals surface area (Å²) in [5.74, 6) is 7.53. The number of hydrogen-bond donors (Lipinski definition) is 3. The Kier molecular flexibility index (Phi) is 4.30. The van der Waals surface area contributed by atoms with E-state index in [0.717, 1.165) is 24.6 Å². The summed E-state index contributed by atoms with van der Waals surface area (Å²) < 4.78 is 1.88. The van der Waals surface area contributed by atoms with Crippen molar-refractivity contribution in [1.82, 2.24) is 19.7 Å². The lowest BCUT2D eigenvalue weighted by molar-refractivity contribution is 0.559. The third kappa shape index (κ3) is 3.65. The minimum Gasteiger partial charge on any atom is -0.366 e. The molecule has 2 heterocycles. The molecule has 0 aliphatic heterocycles. The molecule has 4 N–H and O–H groups in total. The Morgan fingerprint density at radius 1 is 1.37 bits per heavy atom. The molecule has 0 saturated carbocycles. The Hall–Kier alpha value is -2.15. The quantitative estimate of drug-likeness (QED) is 0.531. The van der Waals surface area contributed by atoms with Gasteiger partial charge in [-0.15, -0.1) is 0 Å². The SMILES string of the molecule is CCc1nc(NN)cc(NC(C)Cn2cccn2)n1. The number of hydrazine groups is 1. The van der Waals surface area contributed by atoms with Gasteiger partial charge in [0.25, 0.3) is 0 Å². The smallest absolute Gasteiger partial charge is 0.145 e. The van der Waals surface area contributed by atoms with Gasteiger partial charge in [0.05, 0.1) is 6.54 Å². The maximum Gasteiger partial charge on any atom is 0.145 e. The summed E-state index contributed by atoms with van der Waals surface area (Å²) in [6.45, 7) is 4.85. The molecule has 0 radical (unpaired) electrons. The van der Waals surface area contributed by atoms with Crippen molar-refractivity contribution < 1.29 is 0 Å². The zero-order valence-electron chi connectivity index (χ0n) is 11.2. The van der Waals surface area contributed by atoms with Gasteiger partial charge in [-0.1, -0.05) is 6.92 Å². The van der Waals surface area contributed by atoms with Crippen molar-refractivity contribution in [3.05, 3.63) is 30.4 Å². The Balaban J connectivity index is 2.05. The first-order chi connectivity index (χ1) is 9.21. The van der Waals surface area contributed by atoms with E-state index >= 15 is 0 Å². The summed E-state index contributed by atoms with van der Waals surface area (Å²) in [6.07, 6.45) is 4.46. The number of nitrogen functional groups attached to an aromatic ring is 1. The Bertz CT molecular complexity index is 487. The standard InChI is InChI=1S/C12H19N7/c1-3-10-16-11(7-12(17-10)18-13)15-9(2)8-19-6-4-5-14-19/h4-7,9H,3,8,13H2,1-2H3,(H2,15,16,17,18). The van der Waals surface area contributed by atoms with Crippen molar-refractivity contribution in [2.24, 2.45) is 5.84 Å².